The Labute approximate surface area is 102 Å². The molecule has 2 rings (SSSR count). The number of aliphatic hydroxyl groups is 1. The number of hydrogen-bond acceptors (Lipinski definition) is 4. The van der Waals surface area contributed by atoms with E-state index in [4.69, 9.17) is 0 Å². The Morgan fingerprint density at radius 2 is 2.00 bits per heavy atom. The summed E-state index contributed by atoms with van der Waals surface area (Å²) in [5.41, 5.74) is 0.649. The number of aliphatic hydroxyl groups excluding tert-OH is 1. The molecule has 0 amide bonds. The van der Waals surface area contributed by atoms with Crippen molar-refractivity contribution in [3.63, 3.8) is 0 Å². The molecule has 1 aliphatic rings. The maximum absolute atomic E-state index is 11.6. The van der Waals surface area contributed by atoms with Crippen molar-refractivity contribution >= 4 is 15.5 Å². The van der Waals surface area contributed by atoms with Crippen LogP contribution in [0, 0.1) is 5.92 Å². The van der Waals surface area contributed by atoms with Crippen molar-refractivity contribution in [2.24, 2.45) is 5.92 Å². The van der Waals surface area contributed by atoms with Gasteiger partial charge in [-0.15, -0.1) is 0 Å². The van der Waals surface area contributed by atoms with Gasteiger partial charge in [-0.2, -0.15) is 0 Å². The molecule has 17 heavy (non-hydrogen) atoms. The molecule has 1 aliphatic carbocycles. The number of benzene rings is 1. The van der Waals surface area contributed by atoms with Crippen LogP contribution in [0.4, 0.5) is 5.69 Å². The normalized spacial score (nSPS) is 24.1. The van der Waals surface area contributed by atoms with Crippen molar-refractivity contribution in [3.8, 4) is 0 Å². The minimum absolute atomic E-state index is 0.174. The first-order valence-electron chi connectivity index (χ1n) is 5.68. The van der Waals surface area contributed by atoms with E-state index >= 15 is 0 Å². The zero-order valence-corrected chi connectivity index (χ0v) is 10.6. The molecule has 94 valence electrons. The molecular formula is C12H17NO3S. The van der Waals surface area contributed by atoms with Gasteiger partial charge in [0.1, 0.15) is 0 Å². The fraction of sp³-hybridized carbons (Fsp3) is 0.500. The predicted octanol–water partition coefficient (Wildman–Crippen LogP) is 1.27. The van der Waals surface area contributed by atoms with E-state index in [9.17, 15) is 13.5 Å². The van der Waals surface area contributed by atoms with Crippen molar-refractivity contribution in [2.45, 2.75) is 23.8 Å². The maximum Gasteiger partial charge on any atom is 0.177 e. The lowest BCUT2D eigenvalue weighted by Crippen LogP contribution is -2.33. The molecule has 0 spiro atoms. The lowest BCUT2D eigenvalue weighted by molar-refractivity contribution is 0.0486. The van der Waals surface area contributed by atoms with Gasteiger partial charge in [-0.05, 0) is 30.9 Å². The van der Waals surface area contributed by atoms with E-state index in [1.807, 2.05) is 6.07 Å². The molecule has 0 bridgehead atoms. The summed E-state index contributed by atoms with van der Waals surface area (Å²) in [6.45, 7) is 0.712. The van der Waals surface area contributed by atoms with Crippen molar-refractivity contribution in [1.29, 1.82) is 0 Å². The summed E-state index contributed by atoms with van der Waals surface area (Å²) in [4.78, 5) is 0.333. The van der Waals surface area contributed by atoms with E-state index in [0.717, 1.165) is 12.8 Å². The molecule has 0 unspecified atom stereocenters. The summed E-state index contributed by atoms with van der Waals surface area (Å²) < 4.78 is 23.1. The zero-order chi connectivity index (χ0) is 12.5. The fourth-order valence-corrected chi connectivity index (χ4v) is 2.92. The SMILES string of the molecule is CS(=O)(=O)c1ccccc1NCC1CC(O)C1. The molecule has 2 N–H and O–H groups in total. The molecule has 0 aromatic heterocycles. The summed E-state index contributed by atoms with van der Waals surface area (Å²) in [5.74, 6) is 0.442. The Hall–Kier alpha value is -1.07. The highest BCUT2D eigenvalue weighted by atomic mass is 32.2. The standard InChI is InChI=1S/C12H17NO3S/c1-17(15,16)12-5-3-2-4-11(12)13-8-9-6-10(14)7-9/h2-5,9-10,13-14H,6-8H2,1H3. The third-order valence-electron chi connectivity index (χ3n) is 3.08. The molecular weight excluding hydrogens is 238 g/mol. The van der Waals surface area contributed by atoms with Gasteiger partial charge in [0.25, 0.3) is 0 Å². The molecule has 0 saturated heterocycles. The number of nitrogens with one attached hydrogen (secondary N) is 1. The Morgan fingerprint density at radius 3 is 2.59 bits per heavy atom. The van der Waals surface area contributed by atoms with Crippen LogP contribution in [0.15, 0.2) is 29.2 Å². The number of para-hydroxylation sites is 1. The highest BCUT2D eigenvalue weighted by Crippen LogP contribution is 2.28. The Bertz CT molecular complexity index is 492. The van der Waals surface area contributed by atoms with Crippen molar-refractivity contribution in [2.75, 3.05) is 18.1 Å². The van der Waals surface area contributed by atoms with Crippen LogP contribution in [0.1, 0.15) is 12.8 Å². The topological polar surface area (TPSA) is 66.4 Å². The van der Waals surface area contributed by atoms with E-state index in [0.29, 0.717) is 23.0 Å². The van der Waals surface area contributed by atoms with Crippen LogP contribution in [0.3, 0.4) is 0 Å². The van der Waals surface area contributed by atoms with Gasteiger partial charge in [-0.1, -0.05) is 12.1 Å². The number of hydrogen-bond donors (Lipinski definition) is 2. The van der Waals surface area contributed by atoms with E-state index in [2.05, 4.69) is 5.32 Å². The first-order chi connectivity index (χ1) is 7.97. The highest BCUT2D eigenvalue weighted by Gasteiger charge is 2.27. The smallest absolute Gasteiger partial charge is 0.177 e. The van der Waals surface area contributed by atoms with Gasteiger partial charge in [0.05, 0.1) is 16.7 Å². The molecule has 0 atom stereocenters. The maximum atomic E-state index is 11.6. The van der Waals surface area contributed by atoms with Crippen LogP contribution in [-0.2, 0) is 9.84 Å². The van der Waals surface area contributed by atoms with E-state index in [1.54, 1.807) is 18.2 Å². The van der Waals surface area contributed by atoms with Gasteiger partial charge in [0, 0.05) is 12.8 Å². The fourth-order valence-electron chi connectivity index (χ4n) is 2.06. The van der Waals surface area contributed by atoms with E-state index in [1.165, 1.54) is 6.26 Å². The number of sulfone groups is 1. The van der Waals surface area contributed by atoms with Gasteiger partial charge in [0.2, 0.25) is 0 Å². The average Bonchev–Trinajstić information content (AvgIpc) is 2.22. The molecule has 1 saturated carbocycles. The van der Waals surface area contributed by atoms with Crippen LogP contribution < -0.4 is 5.32 Å². The predicted molar refractivity (Wildman–Crippen MR) is 66.8 cm³/mol. The lowest BCUT2D eigenvalue weighted by atomic mass is 9.82. The molecule has 1 aromatic carbocycles. The summed E-state index contributed by atoms with van der Waals surface area (Å²) in [5, 5.41) is 12.3. The van der Waals surface area contributed by atoms with Crippen molar-refractivity contribution < 1.29 is 13.5 Å². The van der Waals surface area contributed by atoms with Crippen LogP contribution in [0.2, 0.25) is 0 Å². The average molecular weight is 255 g/mol. The monoisotopic (exact) mass is 255 g/mol. The Morgan fingerprint density at radius 1 is 1.35 bits per heavy atom. The summed E-state index contributed by atoms with van der Waals surface area (Å²) in [6, 6.07) is 6.90. The van der Waals surface area contributed by atoms with Gasteiger partial charge in [0.15, 0.2) is 9.84 Å². The number of anilines is 1. The van der Waals surface area contributed by atoms with Crippen LogP contribution in [-0.4, -0.2) is 32.4 Å². The van der Waals surface area contributed by atoms with Crippen LogP contribution >= 0.6 is 0 Å². The molecule has 1 aromatic rings. The van der Waals surface area contributed by atoms with Gasteiger partial charge in [-0.3, -0.25) is 0 Å². The molecule has 5 heteroatoms. The highest BCUT2D eigenvalue weighted by molar-refractivity contribution is 7.90. The number of rotatable bonds is 4. The second-order valence-electron chi connectivity index (χ2n) is 4.64. The zero-order valence-electron chi connectivity index (χ0n) is 9.76. The van der Waals surface area contributed by atoms with Gasteiger partial charge >= 0.3 is 0 Å². The first-order valence-corrected chi connectivity index (χ1v) is 7.57. The Kier molecular flexibility index (Phi) is 3.40. The van der Waals surface area contributed by atoms with Crippen LogP contribution in [0.5, 0.6) is 0 Å². The third-order valence-corrected chi connectivity index (χ3v) is 4.23. The second-order valence-corrected chi connectivity index (χ2v) is 6.62. The lowest BCUT2D eigenvalue weighted by Gasteiger charge is -2.31. The summed E-state index contributed by atoms with van der Waals surface area (Å²) in [7, 11) is -3.19. The Balaban J connectivity index is 2.05. The first kappa shape index (κ1) is 12.4. The summed E-state index contributed by atoms with van der Waals surface area (Å²) in [6.07, 6.45) is 2.63. The van der Waals surface area contributed by atoms with Gasteiger partial charge < -0.3 is 10.4 Å². The molecule has 1 fully saturated rings. The van der Waals surface area contributed by atoms with Crippen LogP contribution in [0.25, 0.3) is 0 Å². The largest absolute Gasteiger partial charge is 0.393 e. The van der Waals surface area contributed by atoms with E-state index in [-0.39, 0.29) is 6.10 Å². The summed E-state index contributed by atoms with van der Waals surface area (Å²) >= 11 is 0. The minimum Gasteiger partial charge on any atom is -0.393 e. The van der Waals surface area contributed by atoms with Crippen molar-refractivity contribution in [1.82, 2.24) is 0 Å². The van der Waals surface area contributed by atoms with Crippen molar-refractivity contribution in [3.05, 3.63) is 24.3 Å². The molecule has 4 nitrogen and oxygen atoms in total. The third kappa shape index (κ3) is 2.98. The quantitative estimate of drug-likeness (QED) is 0.850. The molecule has 0 aliphatic heterocycles. The minimum atomic E-state index is -3.19. The second kappa shape index (κ2) is 4.66. The molecule has 0 radical (unpaired) electrons. The van der Waals surface area contributed by atoms with Gasteiger partial charge in [-0.25, -0.2) is 8.42 Å². The van der Waals surface area contributed by atoms with E-state index < -0.39 is 9.84 Å². The molecule has 0 heterocycles.